The Hall–Kier alpha value is -1.40. The molecule has 1 aliphatic carbocycles. The zero-order valence-corrected chi connectivity index (χ0v) is 11.9. The van der Waals surface area contributed by atoms with Crippen molar-refractivity contribution in [2.75, 3.05) is 19.4 Å². The minimum Gasteiger partial charge on any atom is -0.326 e. The van der Waals surface area contributed by atoms with Crippen LogP contribution in [0.2, 0.25) is 0 Å². The first-order valence-electron chi connectivity index (χ1n) is 6.25. The number of rotatable bonds is 4. The minimum atomic E-state index is -3.46. The van der Waals surface area contributed by atoms with Crippen LogP contribution in [-0.4, -0.2) is 32.7 Å². The van der Waals surface area contributed by atoms with E-state index in [0.29, 0.717) is 5.69 Å². The van der Waals surface area contributed by atoms with E-state index in [2.05, 4.69) is 5.32 Å². The Bertz CT molecular complexity index is 577. The molecule has 0 unspecified atom stereocenters. The quantitative estimate of drug-likeness (QED) is 0.913. The smallest absolute Gasteiger partial charge is 0.242 e. The van der Waals surface area contributed by atoms with Crippen molar-refractivity contribution in [2.45, 2.75) is 24.2 Å². The number of benzene rings is 1. The molecule has 2 rings (SSSR count). The van der Waals surface area contributed by atoms with Gasteiger partial charge in [0.2, 0.25) is 15.9 Å². The Morgan fingerprint density at radius 3 is 2.53 bits per heavy atom. The molecule has 0 heterocycles. The number of amides is 1. The van der Waals surface area contributed by atoms with Gasteiger partial charge in [-0.15, -0.1) is 0 Å². The van der Waals surface area contributed by atoms with Gasteiger partial charge in [0.15, 0.2) is 0 Å². The number of hydrogen-bond acceptors (Lipinski definition) is 3. The van der Waals surface area contributed by atoms with Crippen LogP contribution < -0.4 is 5.32 Å². The predicted octanol–water partition coefficient (Wildman–Crippen LogP) is 1.68. The highest BCUT2D eigenvalue weighted by Gasteiger charge is 2.25. The van der Waals surface area contributed by atoms with Crippen LogP contribution in [0.3, 0.4) is 0 Å². The Labute approximate surface area is 113 Å². The van der Waals surface area contributed by atoms with E-state index in [1.165, 1.54) is 26.2 Å². The third-order valence-corrected chi connectivity index (χ3v) is 5.17. The third kappa shape index (κ3) is 2.96. The Morgan fingerprint density at radius 2 is 2.00 bits per heavy atom. The van der Waals surface area contributed by atoms with E-state index in [1.54, 1.807) is 12.1 Å². The lowest BCUT2D eigenvalue weighted by Gasteiger charge is -2.24. The Kier molecular flexibility index (Phi) is 3.91. The molecule has 1 N–H and O–H groups in total. The second-order valence-corrected chi connectivity index (χ2v) is 7.08. The molecule has 1 fully saturated rings. The van der Waals surface area contributed by atoms with Crippen LogP contribution in [0.4, 0.5) is 5.69 Å². The molecule has 1 aliphatic rings. The molecule has 19 heavy (non-hydrogen) atoms. The van der Waals surface area contributed by atoms with E-state index in [1.807, 2.05) is 0 Å². The second-order valence-electron chi connectivity index (χ2n) is 4.93. The van der Waals surface area contributed by atoms with E-state index < -0.39 is 10.0 Å². The molecule has 6 heteroatoms. The van der Waals surface area contributed by atoms with Gasteiger partial charge in [-0.25, -0.2) is 12.7 Å². The van der Waals surface area contributed by atoms with Gasteiger partial charge in [0.1, 0.15) is 0 Å². The van der Waals surface area contributed by atoms with Gasteiger partial charge < -0.3 is 5.32 Å². The molecule has 1 amide bonds. The maximum atomic E-state index is 12.0. The molecule has 1 aromatic rings. The molecule has 0 radical (unpaired) electrons. The summed E-state index contributed by atoms with van der Waals surface area (Å²) >= 11 is 0. The van der Waals surface area contributed by atoms with E-state index in [-0.39, 0.29) is 16.7 Å². The van der Waals surface area contributed by atoms with Crippen LogP contribution >= 0.6 is 0 Å². The summed E-state index contributed by atoms with van der Waals surface area (Å²) in [5.74, 6) is 0.0553. The summed E-state index contributed by atoms with van der Waals surface area (Å²) in [6.07, 6.45) is 2.93. The minimum absolute atomic E-state index is 0.0225. The summed E-state index contributed by atoms with van der Waals surface area (Å²) < 4.78 is 25.1. The fourth-order valence-corrected chi connectivity index (χ4v) is 2.81. The van der Waals surface area contributed by atoms with Crippen LogP contribution in [0, 0.1) is 5.92 Å². The van der Waals surface area contributed by atoms with Gasteiger partial charge in [-0.2, -0.15) is 0 Å². The first kappa shape index (κ1) is 14.0. The van der Waals surface area contributed by atoms with E-state index in [9.17, 15) is 13.2 Å². The number of nitrogens with one attached hydrogen (secondary N) is 1. The molecule has 0 aliphatic heterocycles. The highest BCUT2D eigenvalue weighted by Crippen LogP contribution is 2.28. The number of hydrogen-bond donors (Lipinski definition) is 1. The average molecular weight is 282 g/mol. The lowest BCUT2D eigenvalue weighted by atomic mass is 9.85. The standard InChI is InChI=1S/C13H18N2O3S/c1-15(2)19(17,18)12-8-4-7-11(9-12)14-13(16)10-5-3-6-10/h4,7-10H,3,5-6H2,1-2H3,(H,14,16). The van der Waals surface area contributed by atoms with Crippen LogP contribution in [-0.2, 0) is 14.8 Å². The molecule has 0 saturated heterocycles. The lowest BCUT2D eigenvalue weighted by Crippen LogP contribution is -2.28. The maximum absolute atomic E-state index is 12.0. The maximum Gasteiger partial charge on any atom is 0.242 e. The molecule has 5 nitrogen and oxygen atoms in total. The summed E-state index contributed by atoms with van der Waals surface area (Å²) in [6.45, 7) is 0. The van der Waals surface area contributed by atoms with Crippen molar-refractivity contribution in [3.8, 4) is 0 Å². The molecule has 0 bridgehead atoms. The average Bonchev–Trinajstić information content (AvgIpc) is 2.26. The number of nitrogens with zero attached hydrogens (tertiary/aromatic N) is 1. The van der Waals surface area contributed by atoms with E-state index in [0.717, 1.165) is 23.6 Å². The van der Waals surface area contributed by atoms with Gasteiger partial charge in [-0.3, -0.25) is 4.79 Å². The van der Waals surface area contributed by atoms with Crippen LogP contribution in [0.1, 0.15) is 19.3 Å². The van der Waals surface area contributed by atoms with Crippen molar-refractivity contribution in [3.63, 3.8) is 0 Å². The van der Waals surface area contributed by atoms with Crippen molar-refractivity contribution in [3.05, 3.63) is 24.3 Å². The normalized spacial score (nSPS) is 16.2. The van der Waals surface area contributed by atoms with Crippen LogP contribution in [0.15, 0.2) is 29.2 Å². The van der Waals surface area contributed by atoms with Gasteiger partial charge in [0, 0.05) is 25.7 Å². The lowest BCUT2D eigenvalue weighted by molar-refractivity contribution is -0.122. The Morgan fingerprint density at radius 1 is 1.32 bits per heavy atom. The molecule has 1 saturated carbocycles. The van der Waals surface area contributed by atoms with Gasteiger partial charge in [0.25, 0.3) is 0 Å². The van der Waals surface area contributed by atoms with Crippen molar-refractivity contribution >= 4 is 21.6 Å². The van der Waals surface area contributed by atoms with Crippen molar-refractivity contribution in [1.29, 1.82) is 0 Å². The van der Waals surface area contributed by atoms with Gasteiger partial charge in [-0.05, 0) is 31.0 Å². The number of sulfonamides is 1. The van der Waals surface area contributed by atoms with Crippen LogP contribution in [0.25, 0.3) is 0 Å². The third-order valence-electron chi connectivity index (χ3n) is 3.36. The SMILES string of the molecule is CN(C)S(=O)(=O)c1cccc(NC(=O)C2CCC2)c1. The Balaban J connectivity index is 2.17. The van der Waals surface area contributed by atoms with Gasteiger partial charge >= 0.3 is 0 Å². The first-order valence-corrected chi connectivity index (χ1v) is 7.69. The van der Waals surface area contributed by atoms with Gasteiger partial charge in [-0.1, -0.05) is 12.5 Å². The van der Waals surface area contributed by atoms with E-state index >= 15 is 0 Å². The summed E-state index contributed by atoms with van der Waals surface area (Å²) in [4.78, 5) is 12.0. The molecular formula is C13H18N2O3S. The zero-order valence-electron chi connectivity index (χ0n) is 11.1. The van der Waals surface area contributed by atoms with Crippen molar-refractivity contribution in [2.24, 2.45) is 5.92 Å². The largest absolute Gasteiger partial charge is 0.326 e. The molecule has 104 valence electrons. The highest BCUT2D eigenvalue weighted by atomic mass is 32.2. The number of anilines is 1. The topological polar surface area (TPSA) is 66.5 Å². The van der Waals surface area contributed by atoms with Crippen molar-refractivity contribution in [1.82, 2.24) is 4.31 Å². The van der Waals surface area contributed by atoms with Crippen molar-refractivity contribution < 1.29 is 13.2 Å². The monoisotopic (exact) mass is 282 g/mol. The summed E-state index contributed by atoms with van der Waals surface area (Å²) in [5.41, 5.74) is 0.528. The second kappa shape index (κ2) is 5.30. The zero-order chi connectivity index (χ0) is 14.0. The van der Waals surface area contributed by atoms with Gasteiger partial charge in [0.05, 0.1) is 4.90 Å². The number of carbonyl (C=O) groups excluding carboxylic acids is 1. The molecule has 1 aromatic carbocycles. The summed E-state index contributed by atoms with van der Waals surface area (Å²) in [5, 5.41) is 2.77. The fourth-order valence-electron chi connectivity index (χ4n) is 1.86. The summed E-state index contributed by atoms with van der Waals surface area (Å²) in [6, 6.07) is 6.35. The number of carbonyl (C=O) groups is 1. The molecule has 0 atom stereocenters. The fraction of sp³-hybridized carbons (Fsp3) is 0.462. The molecule has 0 aromatic heterocycles. The predicted molar refractivity (Wildman–Crippen MR) is 73.3 cm³/mol. The first-order chi connectivity index (χ1) is 8.91. The summed E-state index contributed by atoms with van der Waals surface area (Å²) in [7, 11) is -0.503. The molecular weight excluding hydrogens is 264 g/mol. The highest BCUT2D eigenvalue weighted by molar-refractivity contribution is 7.89. The van der Waals surface area contributed by atoms with Crippen LogP contribution in [0.5, 0.6) is 0 Å². The van der Waals surface area contributed by atoms with E-state index in [4.69, 9.17) is 0 Å². The molecule has 0 spiro atoms.